The minimum atomic E-state index is -6.14. The summed E-state index contributed by atoms with van der Waals surface area (Å²) in [4.78, 5) is 22.6. The first kappa shape index (κ1) is 26.1. The number of aliphatic hydroxyl groups is 1. The minimum absolute atomic E-state index is 0.0321. The number of amides is 1. The molecule has 0 aromatic heterocycles. The average Bonchev–Trinajstić information content (AvgIpc) is 2.70. The minimum Gasteiger partial charge on any atom is -0.481 e. The van der Waals surface area contributed by atoms with Crippen LogP contribution < -0.4 is 5.32 Å². The summed E-state index contributed by atoms with van der Waals surface area (Å²) < 4.78 is 92.3. The summed E-state index contributed by atoms with van der Waals surface area (Å²) >= 11 is 0. The smallest absolute Gasteiger partial charge is 0.430 e. The molecule has 1 amide bonds. The molecule has 5 nitrogen and oxygen atoms in total. The standard InChI is InChI=1S/C21H18F7NO4/c1-11(18(31)32)2-9-17(30)29-14-6-3-12(4-7-14)15-8-5-13(10-16(15)22)19(33,20(23,24)25)21(26,27)28/h3-8,10-11,33H,2,9H2,1H3,(H,29,30)(H,31,32). The van der Waals surface area contributed by atoms with Crippen molar-refractivity contribution in [3.05, 3.63) is 53.8 Å². The van der Waals surface area contributed by atoms with Crippen molar-refractivity contribution < 1.29 is 50.5 Å². The van der Waals surface area contributed by atoms with Crippen molar-refractivity contribution in [2.45, 2.75) is 37.7 Å². The van der Waals surface area contributed by atoms with E-state index < -0.39 is 47.1 Å². The molecule has 2 rings (SSSR count). The van der Waals surface area contributed by atoms with Crippen LogP contribution >= 0.6 is 0 Å². The first-order valence-electron chi connectivity index (χ1n) is 9.37. The predicted molar refractivity (Wildman–Crippen MR) is 103 cm³/mol. The van der Waals surface area contributed by atoms with Gasteiger partial charge in [0, 0.05) is 23.2 Å². The Morgan fingerprint density at radius 1 is 0.970 bits per heavy atom. The zero-order valence-electron chi connectivity index (χ0n) is 16.9. The van der Waals surface area contributed by atoms with E-state index in [1.165, 1.54) is 31.2 Å². The molecule has 2 aromatic rings. The first-order chi connectivity index (χ1) is 15.1. The highest BCUT2D eigenvalue weighted by Crippen LogP contribution is 2.50. The van der Waals surface area contributed by atoms with Crippen molar-refractivity contribution >= 4 is 17.6 Å². The number of hydrogen-bond acceptors (Lipinski definition) is 3. The summed E-state index contributed by atoms with van der Waals surface area (Å²) in [6, 6.07) is 6.16. The molecular formula is C21H18F7NO4. The van der Waals surface area contributed by atoms with Gasteiger partial charge in [0.1, 0.15) is 5.82 Å². The molecule has 0 heterocycles. The van der Waals surface area contributed by atoms with Crippen LogP contribution in [0.3, 0.4) is 0 Å². The predicted octanol–water partition coefficient (Wildman–Crippen LogP) is 5.24. The highest BCUT2D eigenvalue weighted by atomic mass is 19.4. The van der Waals surface area contributed by atoms with Gasteiger partial charge in [0.05, 0.1) is 5.92 Å². The third-order valence-corrected chi connectivity index (χ3v) is 4.91. The van der Waals surface area contributed by atoms with Gasteiger partial charge in [-0.1, -0.05) is 31.2 Å². The van der Waals surface area contributed by atoms with Gasteiger partial charge in [-0.05, 0) is 30.2 Å². The fourth-order valence-electron chi connectivity index (χ4n) is 2.89. The van der Waals surface area contributed by atoms with Gasteiger partial charge in [-0.25, -0.2) is 4.39 Å². The Morgan fingerprint density at radius 3 is 1.97 bits per heavy atom. The van der Waals surface area contributed by atoms with Crippen LogP contribution in [-0.4, -0.2) is 34.4 Å². The number of carbonyl (C=O) groups is 2. The molecule has 0 aliphatic rings. The first-order valence-corrected chi connectivity index (χ1v) is 9.37. The lowest BCUT2D eigenvalue weighted by atomic mass is 9.90. The second-order valence-corrected chi connectivity index (χ2v) is 7.30. The van der Waals surface area contributed by atoms with Crippen molar-refractivity contribution in [3.8, 4) is 11.1 Å². The summed E-state index contributed by atoms with van der Waals surface area (Å²) in [6.07, 6.45) is -12.3. The molecular weight excluding hydrogens is 463 g/mol. The van der Waals surface area contributed by atoms with Crippen LogP contribution in [0.5, 0.6) is 0 Å². The lowest BCUT2D eigenvalue weighted by Gasteiger charge is -2.32. The zero-order chi connectivity index (χ0) is 25.2. The molecule has 0 radical (unpaired) electrons. The number of benzene rings is 2. The Balaban J connectivity index is 2.22. The van der Waals surface area contributed by atoms with Gasteiger partial charge in [0.15, 0.2) is 0 Å². The second-order valence-electron chi connectivity index (χ2n) is 7.30. The van der Waals surface area contributed by atoms with Crippen molar-refractivity contribution in [3.63, 3.8) is 0 Å². The van der Waals surface area contributed by atoms with Gasteiger partial charge in [0.25, 0.3) is 5.60 Å². The van der Waals surface area contributed by atoms with Crippen molar-refractivity contribution in [1.29, 1.82) is 0 Å². The third kappa shape index (κ3) is 5.62. The molecule has 0 saturated heterocycles. The summed E-state index contributed by atoms with van der Waals surface area (Å²) in [5.74, 6) is -3.69. The Kier molecular flexibility index (Phi) is 7.42. The van der Waals surface area contributed by atoms with Gasteiger partial charge in [-0.15, -0.1) is 0 Å². The maximum Gasteiger partial charge on any atom is 0.430 e. The molecule has 0 spiro atoms. The van der Waals surface area contributed by atoms with Crippen molar-refractivity contribution in [2.75, 3.05) is 5.32 Å². The van der Waals surface area contributed by atoms with Crippen LogP contribution in [0.1, 0.15) is 25.3 Å². The number of carboxylic acids is 1. The van der Waals surface area contributed by atoms with E-state index in [1.54, 1.807) is 0 Å². The number of carboxylic acid groups (broad SMARTS) is 1. The molecule has 0 aliphatic carbocycles. The number of anilines is 1. The van der Waals surface area contributed by atoms with Crippen LogP contribution in [-0.2, 0) is 15.2 Å². The fourth-order valence-corrected chi connectivity index (χ4v) is 2.89. The highest BCUT2D eigenvalue weighted by molar-refractivity contribution is 5.91. The molecule has 1 atom stereocenters. The molecule has 3 N–H and O–H groups in total. The van der Waals surface area contributed by atoms with E-state index in [1.807, 2.05) is 0 Å². The Morgan fingerprint density at radius 2 is 1.52 bits per heavy atom. The maximum absolute atomic E-state index is 14.4. The zero-order valence-corrected chi connectivity index (χ0v) is 16.9. The second kappa shape index (κ2) is 9.38. The Labute approximate surface area is 182 Å². The van der Waals surface area contributed by atoms with E-state index in [4.69, 9.17) is 5.11 Å². The van der Waals surface area contributed by atoms with Gasteiger partial charge in [-0.3, -0.25) is 9.59 Å². The summed E-state index contributed by atoms with van der Waals surface area (Å²) in [5.41, 5.74) is -6.96. The average molecular weight is 481 g/mol. The number of alkyl halides is 6. The quantitative estimate of drug-likeness (QED) is 0.472. The Hall–Kier alpha value is -3.15. The fraction of sp³-hybridized carbons (Fsp3) is 0.333. The molecule has 0 fully saturated rings. The molecule has 33 heavy (non-hydrogen) atoms. The monoisotopic (exact) mass is 481 g/mol. The number of aliphatic carboxylic acids is 1. The van der Waals surface area contributed by atoms with E-state index in [-0.39, 0.29) is 35.7 Å². The summed E-state index contributed by atoms with van der Waals surface area (Å²) in [7, 11) is 0. The molecule has 0 saturated carbocycles. The van der Waals surface area contributed by atoms with Crippen LogP contribution in [0.4, 0.5) is 36.4 Å². The van der Waals surface area contributed by atoms with Crippen LogP contribution in [0.15, 0.2) is 42.5 Å². The van der Waals surface area contributed by atoms with E-state index in [2.05, 4.69) is 5.32 Å². The third-order valence-electron chi connectivity index (χ3n) is 4.91. The summed E-state index contributed by atoms with van der Waals surface area (Å²) in [5, 5.41) is 20.7. The number of halogens is 7. The molecule has 0 bridgehead atoms. The number of carbonyl (C=O) groups excluding carboxylic acids is 1. The molecule has 0 aliphatic heterocycles. The van der Waals surface area contributed by atoms with E-state index in [9.17, 15) is 45.4 Å². The van der Waals surface area contributed by atoms with Gasteiger partial charge >= 0.3 is 18.3 Å². The van der Waals surface area contributed by atoms with E-state index in [0.717, 1.165) is 0 Å². The van der Waals surface area contributed by atoms with Crippen molar-refractivity contribution in [1.82, 2.24) is 0 Å². The van der Waals surface area contributed by atoms with Gasteiger partial charge in [0.2, 0.25) is 5.91 Å². The largest absolute Gasteiger partial charge is 0.481 e. The summed E-state index contributed by atoms with van der Waals surface area (Å²) in [6.45, 7) is 1.44. The lowest BCUT2D eigenvalue weighted by molar-refractivity contribution is -0.376. The van der Waals surface area contributed by atoms with Gasteiger partial charge in [-0.2, -0.15) is 26.3 Å². The maximum atomic E-state index is 14.4. The topological polar surface area (TPSA) is 86.6 Å². The highest BCUT2D eigenvalue weighted by Gasteiger charge is 2.71. The van der Waals surface area contributed by atoms with Gasteiger partial charge < -0.3 is 15.5 Å². The lowest BCUT2D eigenvalue weighted by Crippen LogP contribution is -2.53. The number of nitrogens with one attached hydrogen (secondary N) is 1. The van der Waals surface area contributed by atoms with E-state index >= 15 is 0 Å². The SMILES string of the molecule is CC(CCC(=O)Nc1ccc(-c2ccc(C(O)(C(F)(F)F)C(F)(F)F)cc2F)cc1)C(=O)O. The van der Waals surface area contributed by atoms with Crippen LogP contribution in [0, 0.1) is 11.7 Å². The molecule has 12 heteroatoms. The molecule has 2 aromatic carbocycles. The Bertz CT molecular complexity index is 1000. The van der Waals surface area contributed by atoms with E-state index in [0.29, 0.717) is 12.1 Å². The normalized spacial score (nSPS) is 13.5. The van der Waals surface area contributed by atoms with Crippen LogP contribution in [0.2, 0.25) is 0 Å². The molecule has 1 unspecified atom stereocenters. The van der Waals surface area contributed by atoms with Crippen molar-refractivity contribution in [2.24, 2.45) is 5.92 Å². The number of rotatable bonds is 7. The molecule has 180 valence electrons. The number of hydrogen-bond donors (Lipinski definition) is 3. The van der Waals surface area contributed by atoms with Crippen LogP contribution in [0.25, 0.3) is 11.1 Å².